The van der Waals surface area contributed by atoms with Crippen LogP contribution in [0.4, 0.5) is 0 Å². The molecule has 2 aliphatic rings. The standard InChI is InChI=1S/C25H42O3/c1-18-19(16-21(26)17-22(18)27)10-7-8-14-25(6)15-12-20(24(25,4)5)11-9-13-23(2,3)28/h7-8,10,20-22,26-28H,1,9,11-17H2,2-6H3/b8-7+,19-10-/t20-,21+,22-,25+/m0/s1. The van der Waals surface area contributed by atoms with Crippen molar-refractivity contribution >= 4 is 0 Å². The number of hydrogen-bond donors (Lipinski definition) is 3. The van der Waals surface area contributed by atoms with E-state index in [9.17, 15) is 15.3 Å². The second-order valence-electron chi connectivity index (χ2n) is 10.7. The summed E-state index contributed by atoms with van der Waals surface area (Å²) in [6.45, 7) is 15.0. The number of rotatable bonds is 7. The summed E-state index contributed by atoms with van der Waals surface area (Å²) in [5, 5.41) is 29.8. The molecule has 0 bridgehead atoms. The van der Waals surface area contributed by atoms with Gasteiger partial charge in [-0.3, -0.25) is 0 Å². The highest BCUT2D eigenvalue weighted by Gasteiger charge is 2.49. The number of aliphatic hydroxyl groups is 3. The van der Waals surface area contributed by atoms with E-state index in [-0.39, 0.29) is 10.8 Å². The van der Waals surface area contributed by atoms with Gasteiger partial charge in [0.25, 0.3) is 0 Å². The zero-order chi connectivity index (χ0) is 21.2. The summed E-state index contributed by atoms with van der Waals surface area (Å²) in [5.74, 6) is 0.704. The van der Waals surface area contributed by atoms with E-state index >= 15 is 0 Å². The van der Waals surface area contributed by atoms with Crippen LogP contribution in [0.2, 0.25) is 0 Å². The van der Waals surface area contributed by atoms with Gasteiger partial charge in [0.1, 0.15) is 0 Å². The van der Waals surface area contributed by atoms with Crippen LogP contribution >= 0.6 is 0 Å². The molecule has 2 saturated carbocycles. The van der Waals surface area contributed by atoms with Crippen molar-refractivity contribution in [3.8, 4) is 0 Å². The summed E-state index contributed by atoms with van der Waals surface area (Å²) in [4.78, 5) is 0. The van der Waals surface area contributed by atoms with E-state index in [1.807, 2.05) is 19.9 Å². The molecule has 0 aromatic rings. The Morgan fingerprint density at radius 3 is 2.54 bits per heavy atom. The van der Waals surface area contributed by atoms with E-state index in [2.05, 4.69) is 39.5 Å². The highest BCUT2D eigenvalue weighted by atomic mass is 16.3. The molecular formula is C25H42O3. The Bertz CT molecular complexity index is 608. The van der Waals surface area contributed by atoms with Crippen LogP contribution in [0.3, 0.4) is 0 Å². The monoisotopic (exact) mass is 390 g/mol. The Morgan fingerprint density at radius 2 is 1.89 bits per heavy atom. The molecular weight excluding hydrogens is 348 g/mol. The van der Waals surface area contributed by atoms with E-state index < -0.39 is 17.8 Å². The molecule has 160 valence electrons. The van der Waals surface area contributed by atoms with Crippen molar-refractivity contribution in [1.82, 2.24) is 0 Å². The van der Waals surface area contributed by atoms with Crippen molar-refractivity contribution in [2.45, 2.75) is 104 Å². The van der Waals surface area contributed by atoms with Crippen molar-refractivity contribution in [2.24, 2.45) is 16.7 Å². The Labute approximate surface area is 172 Å². The van der Waals surface area contributed by atoms with E-state index in [0.717, 1.165) is 30.4 Å². The van der Waals surface area contributed by atoms with Crippen LogP contribution in [0.1, 0.15) is 86.0 Å². The molecule has 0 spiro atoms. The average molecular weight is 391 g/mol. The molecule has 0 saturated heterocycles. The third-order valence-corrected chi connectivity index (χ3v) is 7.73. The van der Waals surface area contributed by atoms with Gasteiger partial charge in [-0.1, -0.05) is 52.0 Å². The van der Waals surface area contributed by atoms with Gasteiger partial charge >= 0.3 is 0 Å². The van der Waals surface area contributed by atoms with Gasteiger partial charge in [0.2, 0.25) is 0 Å². The van der Waals surface area contributed by atoms with E-state index in [0.29, 0.717) is 18.8 Å². The van der Waals surface area contributed by atoms with E-state index in [4.69, 9.17) is 0 Å². The molecule has 3 heteroatoms. The zero-order valence-corrected chi connectivity index (χ0v) is 18.7. The first-order valence-electron chi connectivity index (χ1n) is 11.0. The Morgan fingerprint density at radius 1 is 1.21 bits per heavy atom. The van der Waals surface area contributed by atoms with Crippen LogP contribution in [0.15, 0.2) is 36.0 Å². The lowest BCUT2D eigenvalue weighted by atomic mass is 9.63. The number of hydrogen-bond acceptors (Lipinski definition) is 3. The molecule has 2 fully saturated rings. The van der Waals surface area contributed by atoms with Gasteiger partial charge in [-0.05, 0) is 80.3 Å². The van der Waals surface area contributed by atoms with Crippen molar-refractivity contribution < 1.29 is 15.3 Å². The fraction of sp³-hybridized carbons (Fsp3) is 0.760. The van der Waals surface area contributed by atoms with Crippen molar-refractivity contribution in [3.05, 3.63) is 36.0 Å². The molecule has 0 aromatic carbocycles. The topological polar surface area (TPSA) is 60.7 Å². The van der Waals surface area contributed by atoms with Gasteiger partial charge in [0.05, 0.1) is 17.8 Å². The molecule has 0 unspecified atom stereocenters. The van der Waals surface area contributed by atoms with Crippen LogP contribution in [0.25, 0.3) is 0 Å². The first-order chi connectivity index (χ1) is 12.9. The molecule has 0 radical (unpaired) electrons. The molecule has 2 rings (SSSR count). The Balaban J connectivity index is 1.95. The fourth-order valence-electron chi connectivity index (χ4n) is 5.09. The maximum absolute atomic E-state index is 9.97. The molecule has 0 aromatic heterocycles. The second kappa shape index (κ2) is 8.85. The highest BCUT2D eigenvalue weighted by Crippen LogP contribution is 2.59. The normalized spacial score (nSPS) is 35.2. The molecule has 0 heterocycles. The summed E-state index contributed by atoms with van der Waals surface area (Å²) in [6.07, 6.45) is 12.9. The highest BCUT2D eigenvalue weighted by molar-refractivity contribution is 5.37. The first kappa shape index (κ1) is 23.4. The van der Waals surface area contributed by atoms with Crippen LogP contribution in [0, 0.1) is 16.7 Å². The van der Waals surface area contributed by atoms with Crippen molar-refractivity contribution in [3.63, 3.8) is 0 Å². The SMILES string of the molecule is C=C1/C(=C\C=C\C[C@]2(C)CC[C@H](CCCC(C)(C)O)C2(C)C)C[C@@H](O)C[C@@H]1O. The van der Waals surface area contributed by atoms with E-state index in [1.54, 1.807) is 0 Å². The Kier molecular flexibility index (Phi) is 7.39. The number of aliphatic hydroxyl groups excluding tert-OH is 2. The lowest BCUT2D eigenvalue weighted by Gasteiger charge is -2.42. The average Bonchev–Trinajstić information content (AvgIpc) is 2.78. The van der Waals surface area contributed by atoms with Gasteiger partial charge in [-0.25, -0.2) is 0 Å². The summed E-state index contributed by atoms with van der Waals surface area (Å²) >= 11 is 0. The lowest BCUT2D eigenvalue weighted by Crippen LogP contribution is -2.34. The quantitative estimate of drug-likeness (QED) is 0.552. The summed E-state index contributed by atoms with van der Waals surface area (Å²) in [7, 11) is 0. The molecule has 4 atom stereocenters. The van der Waals surface area contributed by atoms with Crippen LogP contribution in [-0.2, 0) is 0 Å². The fourth-order valence-corrected chi connectivity index (χ4v) is 5.09. The van der Waals surface area contributed by atoms with Crippen molar-refractivity contribution in [1.29, 1.82) is 0 Å². The van der Waals surface area contributed by atoms with Gasteiger partial charge in [0.15, 0.2) is 0 Å². The molecule has 3 nitrogen and oxygen atoms in total. The second-order valence-corrected chi connectivity index (χ2v) is 10.7. The molecule has 3 N–H and O–H groups in total. The largest absolute Gasteiger partial charge is 0.393 e. The maximum Gasteiger partial charge on any atom is 0.0811 e. The predicted molar refractivity (Wildman–Crippen MR) is 117 cm³/mol. The summed E-state index contributed by atoms with van der Waals surface area (Å²) in [5.41, 5.74) is 1.68. The minimum atomic E-state index is -0.626. The smallest absolute Gasteiger partial charge is 0.0811 e. The molecule has 0 amide bonds. The minimum Gasteiger partial charge on any atom is -0.393 e. The van der Waals surface area contributed by atoms with Gasteiger partial charge in [0, 0.05) is 6.42 Å². The first-order valence-corrected chi connectivity index (χ1v) is 11.0. The van der Waals surface area contributed by atoms with Crippen LogP contribution < -0.4 is 0 Å². The minimum absolute atomic E-state index is 0.268. The summed E-state index contributed by atoms with van der Waals surface area (Å²) < 4.78 is 0. The van der Waals surface area contributed by atoms with Gasteiger partial charge in [-0.2, -0.15) is 0 Å². The molecule has 2 aliphatic carbocycles. The Hall–Kier alpha value is -0.900. The number of allylic oxidation sites excluding steroid dienone is 3. The van der Waals surface area contributed by atoms with Crippen LogP contribution in [-0.4, -0.2) is 33.1 Å². The van der Waals surface area contributed by atoms with Gasteiger partial charge < -0.3 is 15.3 Å². The third kappa shape index (κ3) is 5.58. The third-order valence-electron chi connectivity index (χ3n) is 7.73. The lowest BCUT2D eigenvalue weighted by molar-refractivity contribution is 0.0561. The predicted octanol–water partition coefficient (Wildman–Crippen LogP) is 5.31. The van der Waals surface area contributed by atoms with Gasteiger partial charge in [-0.15, -0.1) is 0 Å². The van der Waals surface area contributed by atoms with E-state index in [1.165, 1.54) is 19.3 Å². The van der Waals surface area contributed by atoms with Crippen LogP contribution in [0.5, 0.6) is 0 Å². The molecule has 0 aliphatic heterocycles. The maximum atomic E-state index is 9.97. The zero-order valence-electron chi connectivity index (χ0n) is 18.7. The van der Waals surface area contributed by atoms with Crippen molar-refractivity contribution in [2.75, 3.05) is 0 Å². The molecule has 28 heavy (non-hydrogen) atoms. The summed E-state index contributed by atoms with van der Waals surface area (Å²) in [6, 6.07) is 0.